The van der Waals surface area contributed by atoms with Crippen LogP contribution in [0.1, 0.15) is 16.2 Å². The first-order chi connectivity index (χ1) is 16.3. The molecule has 1 aromatic heterocycles. The van der Waals surface area contributed by atoms with Gasteiger partial charge in [0.2, 0.25) is 0 Å². The summed E-state index contributed by atoms with van der Waals surface area (Å²) in [5, 5.41) is 13.6. The van der Waals surface area contributed by atoms with Gasteiger partial charge >= 0.3 is 0 Å². The number of rotatable bonds is 7. The number of tetrazole rings is 1. The summed E-state index contributed by atoms with van der Waals surface area (Å²) < 4.78 is 48.5. The second-order valence-corrected chi connectivity index (χ2v) is 8.77. The smallest absolute Gasteiger partial charge is 0.262 e. The Bertz CT molecular complexity index is 1450. The number of amides is 1. The van der Waals surface area contributed by atoms with Gasteiger partial charge in [0.25, 0.3) is 15.9 Å². The van der Waals surface area contributed by atoms with Gasteiger partial charge in [0.05, 0.1) is 17.7 Å². The van der Waals surface area contributed by atoms with Gasteiger partial charge in [-0.25, -0.2) is 12.8 Å². The zero-order chi connectivity index (χ0) is 24.3. The van der Waals surface area contributed by atoms with Crippen molar-refractivity contribution in [2.24, 2.45) is 0 Å². The molecule has 0 fully saturated rings. The molecule has 1 heterocycles. The van der Waals surface area contributed by atoms with E-state index in [4.69, 9.17) is 4.74 Å². The molecule has 0 aliphatic rings. The van der Waals surface area contributed by atoms with Crippen LogP contribution >= 0.6 is 0 Å². The minimum Gasteiger partial charge on any atom is -0.495 e. The van der Waals surface area contributed by atoms with Gasteiger partial charge in [0.1, 0.15) is 17.3 Å². The van der Waals surface area contributed by atoms with Crippen LogP contribution in [0.4, 0.5) is 15.8 Å². The number of ether oxygens (including phenoxy) is 1. The highest BCUT2D eigenvalue weighted by Crippen LogP contribution is 2.26. The van der Waals surface area contributed by atoms with Crippen molar-refractivity contribution in [3.63, 3.8) is 0 Å². The van der Waals surface area contributed by atoms with Crippen LogP contribution < -0.4 is 14.8 Å². The predicted molar refractivity (Wildman–Crippen MR) is 122 cm³/mol. The van der Waals surface area contributed by atoms with Crippen LogP contribution in [0, 0.1) is 12.7 Å². The summed E-state index contributed by atoms with van der Waals surface area (Å²) in [7, 11) is -2.47. The van der Waals surface area contributed by atoms with Crippen molar-refractivity contribution in [1.29, 1.82) is 0 Å². The maximum Gasteiger partial charge on any atom is 0.262 e. The highest BCUT2D eigenvalue weighted by molar-refractivity contribution is 7.92. The lowest BCUT2D eigenvalue weighted by Crippen LogP contribution is -2.15. The number of aryl methyl sites for hydroxylation is 1. The van der Waals surface area contributed by atoms with E-state index in [-0.39, 0.29) is 21.8 Å². The van der Waals surface area contributed by atoms with Gasteiger partial charge in [0.15, 0.2) is 5.82 Å². The van der Waals surface area contributed by atoms with Crippen molar-refractivity contribution < 1.29 is 22.3 Å². The molecule has 12 heteroatoms. The quantitative estimate of drug-likeness (QED) is 0.414. The Morgan fingerprint density at radius 1 is 1.06 bits per heavy atom. The lowest BCUT2D eigenvalue weighted by Gasteiger charge is -2.12. The zero-order valence-electron chi connectivity index (χ0n) is 18.1. The Morgan fingerprint density at radius 3 is 2.47 bits per heavy atom. The molecule has 0 saturated carbocycles. The third-order valence-corrected chi connectivity index (χ3v) is 6.22. The number of nitrogens with zero attached hydrogens (tertiary/aromatic N) is 4. The van der Waals surface area contributed by atoms with Crippen LogP contribution in [-0.4, -0.2) is 41.6 Å². The second-order valence-electron chi connectivity index (χ2n) is 7.09. The maximum atomic E-state index is 14.2. The van der Waals surface area contributed by atoms with E-state index in [0.717, 1.165) is 0 Å². The Balaban J connectivity index is 1.51. The normalized spacial score (nSPS) is 11.1. The minimum atomic E-state index is -3.91. The summed E-state index contributed by atoms with van der Waals surface area (Å²) in [6.45, 7) is 1.61. The molecule has 0 saturated heterocycles. The van der Waals surface area contributed by atoms with Crippen LogP contribution in [0.2, 0.25) is 0 Å². The van der Waals surface area contributed by atoms with E-state index < -0.39 is 21.7 Å². The lowest BCUT2D eigenvalue weighted by atomic mass is 10.2. The van der Waals surface area contributed by atoms with Crippen LogP contribution in [0.25, 0.3) is 5.69 Å². The molecule has 0 spiro atoms. The molecule has 2 N–H and O–H groups in total. The number of hydrogen-bond donors (Lipinski definition) is 2. The summed E-state index contributed by atoms with van der Waals surface area (Å²) >= 11 is 0. The third-order valence-electron chi connectivity index (χ3n) is 4.84. The molecule has 4 aromatic rings. The molecule has 34 heavy (non-hydrogen) atoms. The monoisotopic (exact) mass is 482 g/mol. The number of methoxy groups -OCH3 is 1. The molecule has 1 amide bonds. The summed E-state index contributed by atoms with van der Waals surface area (Å²) in [6.07, 6.45) is 0. The lowest BCUT2D eigenvalue weighted by molar-refractivity contribution is 0.102. The Labute approximate surface area is 194 Å². The van der Waals surface area contributed by atoms with E-state index in [1.165, 1.54) is 54.3 Å². The number of halogens is 1. The van der Waals surface area contributed by atoms with Crippen LogP contribution in [-0.2, 0) is 10.0 Å². The maximum absolute atomic E-state index is 14.2. The van der Waals surface area contributed by atoms with Crippen LogP contribution in [0.3, 0.4) is 0 Å². The molecule has 10 nitrogen and oxygen atoms in total. The highest BCUT2D eigenvalue weighted by atomic mass is 32.2. The Hall–Kier alpha value is -4.32. The van der Waals surface area contributed by atoms with Crippen molar-refractivity contribution in [2.75, 3.05) is 17.1 Å². The molecule has 4 rings (SSSR count). The summed E-state index contributed by atoms with van der Waals surface area (Å²) in [5.74, 6) is -0.323. The van der Waals surface area contributed by atoms with E-state index in [0.29, 0.717) is 17.3 Å². The van der Waals surface area contributed by atoms with Gasteiger partial charge in [-0.1, -0.05) is 12.1 Å². The molecule has 174 valence electrons. The molecule has 0 atom stereocenters. The third kappa shape index (κ3) is 4.71. The van der Waals surface area contributed by atoms with E-state index in [1.54, 1.807) is 31.2 Å². The first kappa shape index (κ1) is 22.9. The number of carbonyl (C=O) groups is 1. The van der Waals surface area contributed by atoms with E-state index in [2.05, 4.69) is 25.6 Å². The van der Waals surface area contributed by atoms with Crippen molar-refractivity contribution in [2.45, 2.75) is 11.8 Å². The summed E-state index contributed by atoms with van der Waals surface area (Å²) in [6, 6.07) is 16.0. The first-order valence-electron chi connectivity index (χ1n) is 9.90. The molecular formula is C22H19FN6O4S. The van der Waals surface area contributed by atoms with Gasteiger partial charge < -0.3 is 10.1 Å². The van der Waals surface area contributed by atoms with Gasteiger partial charge in [-0.15, -0.1) is 5.10 Å². The van der Waals surface area contributed by atoms with Crippen LogP contribution in [0.15, 0.2) is 71.6 Å². The minimum absolute atomic E-state index is 0.0341. The SMILES string of the molecule is COc1ccccc1NS(=O)(=O)c1ccc(C(=O)Nc2ccc(F)c(-n3nnnc3C)c2)cc1. The largest absolute Gasteiger partial charge is 0.495 e. The molecule has 0 radical (unpaired) electrons. The van der Waals surface area contributed by atoms with Crippen molar-refractivity contribution >= 4 is 27.3 Å². The van der Waals surface area contributed by atoms with Gasteiger partial charge in [0, 0.05) is 11.3 Å². The van der Waals surface area contributed by atoms with E-state index in [1.807, 2.05) is 0 Å². The first-order valence-corrected chi connectivity index (χ1v) is 11.4. The molecule has 0 aliphatic heterocycles. The number of carbonyl (C=O) groups excluding carboxylic acids is 1. The Kier molecular flexibility index (Phi) is 6.23. The average molecular weight is 482 g/mol. The standard InChI is InChI=1S/C22H19FN6O4S/c1-14-25-27-28-29(14)20-13-16(9-12-18(20)23)24-22(30)15-7-10-17(11-8-15)34(31,32)26-19-5-3-4-6-21(19)33-2/h3-13,26H,1-2H3,(H,24,30). The van der Waals surface area contributed by atoms with Crippen molar-refractivity contribution in [3.8, 4) is 11.4 Å². The van der Waals surface area contributed by atoms with E-state index in [9.17, 15) is 17.6 Å². The molecule has 0 aliphatic carbocycles. The molecule has 0 unspecified atom stereocenters. The van der Waals surface area contributed by atoms with Crippen molar-refractivity contribution in [1.82, 2.24) is 20.2 Å². The summed E-state index contributed by atoms with van der Waals surface area (Å²) in [4.78, 5) is 12.6. The predicted octanol–water partition coefficient (Wildman–Crippen LogP) is 3.17. The van der Waals surface area contributed by atoms with Gasteiger partial charge in [-0.3, -0.25) is 9.52 Å². The van der Waals surface area contributed by atoms with Crippen LogP contribution in [0.5, 0.6) is 5.75 Å². The topological polar surface area (TPSA) is 128 Å². The van der Waals surface area contributed by atoms with Gasteiger partial charge in [-0.2, -0.15) is 4.68 Å². The number of para-hydroxylation sites is 2. The number of benzene rings is 3. The zero-order valence-corrected chi connectivity index (χ0v) is 18.9. The number of aromatic nitrogens is 4. The fourth-order valence-electron chi connectivity index (χ4n) is 3.13. The average Bonchev–Trinajstić information content (AvgIpc) is 3.26. The highest BCUT2D eigenvalue weighted by Gasteiger charge is 2.18. The molecule has 0 bridgehead atoms. The number of nitrogens with one attached hydrogen (secondary N) is 2. The number of hydrogen-bond acceptors (Lipinski definition) is 7. The van der Waals surface area contributed by atoms with Gasteiger partial charge in [-0.05, 0) is 71.9 Å². The van der Waals surface area contributed by atoms with E-state index >= 15 is 0 Å². The Morgan fingerprint density at radius 2 is 1.79 bits per heavy atom. The fourth-order valence-corrected chi connectivity index (χ4v) is 4.20. The number of anilines is 2. The number of sulfonamides is 1. The molecule has 3 aromatic carbocycles. The fraction of sp³-hybridized carbons (Fsp3) is 0.0909. The molecular weight excluding hydrogens is 463 g/mol. The second kappa shape index (κ2) is 9.27. The van der Waals surface area contributed by atoms with Crippen molar-refractivity contribution in [3.05, 3.63) is 83.9 Å². The summed E-state index contributed by atoms with van der Waals surface area (Å²) in [5.41, 5.74) is 0.882.